The summed E-state index contributed by atoms with van der Waals surface area (Å²) in [5.41, 5.74) is 15.0. The van der Waals surface area contributed by atoms with Gasteiger partial charge in [-0.1, -0.05) is 30.3 Å². The molecule has 0 radical (unpaired) electrons. The van der Waals surface area contributed by atoms with Crippen molar-refractivity contribution < 1.29 is 4.79 Å². The molecule has 0 aliphatic carbocycles. The maximum Gasteiger partial charge on any atom is 0.271 e. The SMILES string of the molecule is N#Cc1cccc(CCCc2cccc3c(N)c(C(N)=O)nnc23)c1. The number of nitriles is 1. The topological polar surface area (TPSA) is 119 Å². The Morgan fingerprint density at radius 1 is 1.12 bits per heavy atom. The highest BCUT2D eigenvalue weighted by atomic mass is 16.1. The zero-order valence-electron chi connectivity index (χ0n) is 13.6. The van der Waals surface area contributed by atoms with E-state index in [0.29, 0.717) is 16.5 Å². The molecule has 1 amide bonds. The third-order valence-electron chi connectivity index (χ3n) is 4.12. The number of hydrogen-bond acceptors (Lipinski definition) is 5. The Bertz CT molecular complexity index is 991. The number of aromatic nitrogens is 2. The van der Waals surface area contributed by atoms with E-state index < -0.39 is 5.91 Å². The number of carbonyl (C=O) groups is 1. The minimum Gasteiger partial charge on any atom is -0.396 e. The summed E-state index contributed by atoms with van der Waals surface area (Å²) in [5.74, 6) is -0.685. The van der Waals surface area contributed by atoms with E-state index in [1.807, 2.05) is 36.4 Å². The number of amides is 1. The van der Waals surface area contributed by atoms with E-state index in [1.54, 1.807) is 6.07 Å². The first-order valence-corrected chi connectivity index (χ1v) is 7.92. The molecule has 0 aliphatic heterocycles. The van der Waals surface area contributed by atoms with Crippen molar-refractivity contribution in [2.24, 2.45) is 5.73 Å². The Labute approximate surface area is 145 Å². The molecule has 6 nitrogen and oxygen atoms in total. The van der Waals surface area contributed by atoms with E-state index in [9.17, 15) is 4.79 Å². The average Bonchev–Trinajstić information content (AvgIpc) is 2.62. The van der Waals surface area contributed by atoms with Gasteiger partial charge in [-0.3, -0.25) is 4.79 Å². The number of hydrogen-bond donors (Lipinski definition) is 2. The summed E-state index contributed by atoms with van der Waals surface area (Å²) in [5, 5.41) is 17.7. The molecule has 3 rings (SSSR count). The number of anilines is 1. The van der Waals surface area contributed by atoms with Gasteiger partial charge in [0.2, 0.25) is 0 Å². The number of rotatable bonds is 5. The van der Waals surface area contributed by atoms with Gasteiger partial charge in [0.05, 0.1) is 22.8 Å². The molecule has 0 bridgehead atoms. The lowest BCUT2D eigenvalue weighted by Gasteiger charge is -2.09. The molecule has 2 aromatic carbocycles. The van der Waals surface area contributed by atoms with Crippen LogP contribution >= 0.6 is 0 Å². The van der Waals surface area contributed by atoms with Crippen molar-refractivity contribution in [1.29, 1.82) is 5.26 Å². The third kappa shape index (κ3) is 3.40. The molecule has 124 valence electrons. The molecule has 3 aromatic rings. The lowest BCUT2D eigenvalue weighted by Crippen LogP contribution is -2.17. The van der Waals surface area contributed by atoms with Crippen molar-refractivity contribution in [3.8, 4) is 6.07 Å². The Morgan fingerprint density at radius 3 is 2.68 bits per heavy atom. The maximum absolute atomic E-state index is 11.3. The van der Waals surface area contributed by atoms with Crippen LogP contribution in [0.25, 0.3) is 10.9 Å². The van der Waals surface area contributed by atoms with Crippen molar-refractivity contribution in [1.82, 2.24) is 10.2 Å². The van der Waals surface area contributed by atoms with E-state index in [4.69, 9.17) is 16.7 Å². The van der Waals surface area contributed by atoms with Crippen molar-refractivity contribution >= 4 is 22.5 Å². The van der Waals surface area contributed by atoms with Crippen LogP contribution in [0.1, 0.15) is 33.6 Å². The lowest BCUT2D eigenvalue weighted by atomic mass is 10.0. The number of fused-ring (bicyclic) bond motifs is 1. The van der Waals surface area contributed by atoms with Gasteiger partial charge >= 0.3 is 0 Å². The summed E-state index contributed by atoms with van der Waals surface area (Å²) in [6.45, 7) is 0. The van der Waals surface area contributed by atoms with Crippen LogP contribution in [-0.4, -0.2) is 16.1 Å². The lowest BCUT2D eigenvalue weighted by molar-refractivity contribution is 0.0996. The fourth-order valence-electron chi connectivity index (χ4n) is 2.87. The van der Waals surface area contributed by atoms with Crippen LogP contribution in [0.3, 0.4) is 0 Å². The zero-order valence-corrected chi connectivity index (χ0v) is 13.6. The number of nitrogens with zero attached hydrogens (tertiary/aromatic N) is 3. The normalized spacial score (nSPS) is 10.5. The molecule has 0 unspecified atom stereocenters. The summed E-state index contributed by atoms with van der Waals surface area (Å²) in [6, 6.07) is 15.4. The highest BCUT2D eigenvalue weighted by Gasteiger charge is 2.14. The molecular weight excluding hydrogens is 314 g/mol. The summed E-state index contributed by atoms with van der Waals surface area (Å²) in [6.07, 6.45) is 2.54. The van der Waals surface area contributed by atoms with Crippen molar-refractivity contribution in [2.45, 2.75) is 19.3 Å². The van der Waals surface area contributed by atoms with Crippen LogP contribution in [-0.2, 0) is 12.8 Å². The number of nitrogens with two attached hydrogens (primary N) is 2. The number of primary amides is 1. The van der Waals surface area contributed by atoms with Gasteiger partial charge in [-0.15, -0.1) is 10.2 Å². The molecule has 25 heavy (non-hydrogen) atoms. The van der Waals surface area contributed by atoms with Gasteiger partial charge in [0.1, 0.15) is 0 Å². The maximum atomic E-state index is 11.3. The molecule has 0 aliphatic rings. The number of nitrogen functional groups attached to an aromatic ring is 1. The van der Waals surface area contributed by atoms with Crippen LogP contribution in [0.2, 0.25) is 0 Å². The third-order valence-corrected chi connectivity index (χ3v) is 4.12. The summed E-state index contributed by atoms with van der Waals surface area (Å²) in [4.78, 5) is 11.3. The average molecular weight is 331 g/mol. The molecule has 1 aromatic heterocycles. The fourth-order valence-corrected chi connectivity index (χ4v) is 2.87. The Balaban J connectivity index is 1.81. The quantitative estimate of drug-likeness (QED) is 0.744. The van der Waals surface area contributed by atoms with Gasteiger partial charge in [0.25, 0.3) is 5.91 Å². The summed E-state index contributed by atoms with van der Waals surface area (Å²) < 4.78 is 0. The van der Waals surface area contributed by atoms with E-state index in [-0.39, 0.29) is 11.4 Å². The first kappa shape index (κ1) is 16.4. The van der Waals surface area contributed by atoms with E-state index in [1.165, 1.54) is 0 Å². The van der Waals surface area contributed by atoms with E-state index in [2.05, 4.69) is 16.3 Å². The molecule has 1 heterocycles. The second kappa shape index (κ2) is 6.97. The zero-order chi connectivity index (χ0) is 17.8. The van der Waals surface area contributed by atoms with Crippen LogP contribution in [0, 0.1) is 11.3 Å². The van der Waals surface area contributed by atoms with E-state index >= 15 is 0 Å². The van der Waals surface area contributed by atoms with Gasteiger partial charge < -0.3 is 11.5 Å². The van der Waals surface area contributed by atoms with Gasteiger partial charge in [-0.25, -0.2) is 0 Å². The van der Waals surface area contributed by atoms with Crippen LogP contribution < -0.4 is 11.5 Å². The van der Waals surface area contributed by atoms with Crippen LogP contribution in [0.5, 0.6) is 0 Å². The van der Waals surface area contributed by atoms with E-state index in [0.717, 1.165) is 30.4 Å². The minimum atomic E-state index is -0.685. The highest BCUT2D eigenvalue weighted by molar-refractivity contribution is 6.04. The number of carbonyl (C=O) groups excluding carboxylic acids is 1. The smallest absolute Gasteiger partial charge is 0.271 e. The summed E-state index contributed by atoms with van der Waals surface area (Å²) in [7, 11) is 0. The molecule has 0 fully saturated rings. The summed E-state index contributed by atoms with van der Waals surface area (Å²) >= 11 is 0. The van der Waals surface area contributed by atoms with Crippen molar-refractivity contribution in [3.05, 3.63) is 64.8 Å². The van der Waals surface area contributed by atoms with Gasteiger partial charge in [0, 0.05) is 5.39 Å². The Kier molecular flexibility index (Phi) is 4.57. The monoisotopic (exact) mass is 331 g/mol. The molecule has 0 spiro atoms. The second-order valence-corrected chi connectivity index (χ2v) is 5.81. The molecule has 6 heteroatoms. The molecule has 0 saturated heterocycles. The molecular formula is C19H17N5O. The van der Waals surface area contributed by atoms with Crippen LogP contribution in [0.15, 0.2) is 42.5 Å². The highest BCUT2D eigenvalue weighted by Crippen LogP contribution is 2.25. The van der Waals surface area contributed by atoms with Gasteiger partial charge in [-0.05, 0) is 42.5 Å². The Morgan fingerprint density at radius 2 is 1.92 bits per heavy atom. The molecule has 4 N–H and O–H groups in total. The standard InChI is InChI=1S/C19H17N5O/c20-11-13-6-1-4-12(10-13)5-2-7-14-8-3-9-15-16(21)18(19(22)25)24-23-17(14)15/h1,3-4,6,8-10H,2,5,7H2,(H2,21,23)(H2,22,25). The number of benzene rings is 2. The molecule has 0 atom stereocenters. The second-order valence-electron chi connectivity index (χ2n) is 5.81. The predicted molar refractivity (Wildman–Crippen MR) is 95.7 cm³/mol. The van der Waals surface area contributed by atoms with Crippen molar-refractivity contribution in [2.75, 3.05) is 5.73 Å². The molecule has 0 saturated carbocycles. The fraction of sp³-hybridized carbons (Fsp3) is 0.158. The largest absolute Gasteiger partial charge is 0.396 e. The van der Waals surface area contributed by atoms with Crippen molar-refractivity contribution in [3.63, 3.8) is 0 Å². The van der Waals surface area contributed by atoms with Gasteiger partial charge in [0.15, 0.2) is 5.69 Å². The van der Waals surface area contributed by atoms with Gasteiger partial charge in [-0.2, -0.15) is 5.26 Å². The van der Waals surface area contributed by atoms with Crippen LogP contribution in [0.4, 0.5) is 5.69 Å². The Hall–Kier alpha value is -3.46. The first-order valence-electron chi connectivity index (χ1n) is 7.92. The first-order chi connectivity index (χ1) is 12.1. The number of aryl methyl sites for hydroxylation is 2. The minimum absolute atomic E-state index is 0.00188. The predicted octanol–water partition coefficient (Wildman–Crippen LogP) is 2.36.